The molecule has 1 aromatic rings. The van der Waals surface area contributed by atoms with Gasteiger partial charge >= 0.3 is 0 Å². The predicted molar refractivity (Wildman–Crippen MR) is 132 cm³/mol. The average molecular weight is 481 g/mol. The van der Waals surface area contributed by atoms with Gasteiger partial charge in [0.2, 0.25) is 0 Å². The lowest BCUT2D eigenvalue weighted by Gasteiger charge is -2.15. The quantitative estimate of drug-likeness (QED) is 0.335. The Kier molecular flexibility index (Phi) is 16.5. The molecule has 0 saturated heterocycles. The number of carbonyl (C=O) groups is 1. The summed E-state index contributed by atoms with van der Waals surface area (Å²) in [5, 5.41) is 0. The second-order valence-corrected chi connectivity index (χ2v) is 8.46. The molecule has 1 aromatic carbocycles. The molecule has 7 nitrogen and oxygen atoms in total. The van der Waals surface area contributed by atoms with E-state index in [4.69, 9.17) is 28.4 Å². The van der Waals surface area contributed by atoms with Gasteiger partial charge in [0, 0.05) is 12.0 Å². The van der Waals surface area contributed by atoms with Crippen molar-refractivity contribution in [1.82, 2.24) is 0 Å². The summed E-state index contributed by atoms with van der Waals surface area (Å²) in [6, 6.07) is 5.43. The number of ketones is 1. The lowest BCUT2D eigenvalue weighted by atomic mass is 10.0. The van der Waals surface area contributed by atoms with Gasteiger partial charge in [-0.1, -0.05) is 51.9 Å². The molecule has 0 aliphatic carbocycles. The highest BCUT2D eigenvalue weighted by Gasteiger charge is 2.12. The molecule has 194 valence electrons. The third-order valence-corrected chi connectivity index (χ3v) is 5.61. The molecule has 0 saturated carbocycles. The fourth-order valence-corrected chi connectivity index (χ4v) is 3.66. The fourth-order valence-electron chi connectivity index (χ4n) is 3.66. The Hall–Kier alpha value is -1.67. The summed E-state index contributed by atoms with van der Waals surface area (Å²) in [5.41, 5.74) is 0.662. The first-order chi connectivity index (χ1) is 16.8. The molecule has 0 fully saturated rings. The summed E-state index contributed by atoms with van der Waals surface area (Å²) >= 11 is 0. The molecule has 0 atom stereocenters. The molecule has 1 heterocycles. The molecule has 0 aromatic heterocycles. The van der Waals surface area contributed by atoms with Crippen molar-refractivity contribution >= 4 is 5.78 Å². The first-order valence-corrected chi connectivity index (χ1v) is 13.0. The van der Waals surface area contributed by atoms with E-state index in [9.17, 15) is 4.79 Å². The van der Waals surface area contributed by atoms with Crippen molar-refractivity contribution in [1.29, 1.82) is 0 Å². The normalized spacial score (nSPS) is 17.0. The van der Waals surface area contributed by atoms with E-state index < -0.39 is 0 Å². The Bertz CT molecular complexity index is 650. The van der Waals surface area contributed by atoms with E-state index in [2.05, 4.69) is 6.92 Å². The molecule has 34 heavy (non-hydrogen) atoms. The van der Waals surface area contributed by atoms with E-state index in [0.29, 0.717) is 89.6 Å². The molecule has 1 aliphatic heterocycles. The largest absolute Gasteiger partial charge is 0.487 e. The predicted octanol–water partition coefficient (Wildman–Crippen LogP) is 5.24. The number of benzene rings is 1. The van der Waals surface area contributed by atoms with Gasteiger partial charge < -0.3 is 28.4 Å². The monoisotopic (exact) mass is 480 g/mol. The van der Waals surface area contributed by atoms with E-state index in [1.807, 2.05) is 12.1 Å². The van der Waals surface area contributed by atoms with Gasteiger partial charge in [-0.25, -0.2) is 0 Å². The van der Waals surface area contributed by atoms with Gasteiger partial charge in [-0.15, -0.1) is 0 Å². The van der Waals surface area contributed by atoms with E-state index in [1.165, 1.54) is 38.5 Å². The number of Topliss-reactive ketones (excluding diaryl/α,β-unsaturated/α-hetero) is 1. The van der Waals surface area contributed by atoms with Gasteiger partial charge in [0.05, 0.1) is 52.9 Å². The summed E-state index contributed by atoms with van der Waals surface area (Å²) in [6.07, 6.45) is 10.3. The summed E-state index contributed by atoms with van der Waals surface area (Å²) in [7, 11) is 0. The Balaban J connectivity index is 1.82. The Morgan fingerprint density at radius 1 is 0.618 bits per heavy atom. The second kappa shape index (κ2) is 19.6. The maximum atomic E-state index is 12.7. The molecule has 7 heteroatoms. The van der Waals surface area contributed by atoms with Gasteiger partial charge in [0.1, 0.15) is 13.2 Å². The van der Waals surface area contributed by atoms with Crippen LogP contribution in [0.3, 0.4) is 0 Å². The highest BCUT2D eigenvalue weighted by Crippen LogP contribution is 2.29. The van der Waals surface area contributed by atoms with E-state index in [1.54, 1.807) is 6.07 Å². The molecular formula is C27H44O7. The smallest absolute Gasteiger partial charge is 0.163 e. The van der Waals surface area contributed by atoms with Gasteiger partial charge in [-0.2, -0.15) is 0 Å². The molecule has 0 radical (unpaired) electrons. The maximum Gasteiger partial charge on any atom is 0.163 e. The Morgan fingerprint density at radius 2 is 1.09 bits per heavy atom. The van der Waals surface area contributed by atoms with Gasteiger partial charge in [-0.05, 0) is 24.6 Å². The molecule has 0 spiro atoms. The SMILES string of the molecule is CCCCCCCCCCC(=O)c1ccc2c(c1)OCCOCCOCCOCCOCCO2. The van der Waals surface area contributed by atoms with Crippen LogP contribution in [-0.4, -0.2) is 71.9 Å². The van der Waals surface area contributed by atoms with E-state index >= 15 is 0 Å². The van der Waals surface area contributed by atoms with Crippen LogP contribution in [0, 0.1) is 0 Å². The topological polar surface area (TPSA) is 72.5 Å². The number of ether oxygens (including phenoxy) is 6. The van der Waals surface area contributed by atoms with Crippen LogP contribution in [0.4, 0.5) is 0 Å². The van der Waals surface area contributed by atoms with Crippen molar-refractivity contribution in [3.8, 4) is 11.5 Å². The molecule has 0 bridgehead atoms. The lowest BCUT2D eigenvalue weighted by Crippen LogP contribution is -2.16. The van der Waals surface area contributed by atoms with Crippen LogP contribution in [0.15, 0.2) is 18.2 Å². The average Bonchev–Trinajstić information content (AvgIpc) is 2.85. The number of hydrogen-bond acceptors (Lipinski definition) is 7. The maximum absolute atomic E-state index is 12.7. The third kappa shape index (κ3) is 13.3. The number of hydrogen-bond donors (Lipinski definition) is 0. The van der Waals surface area contributed by atoms with Crippen LogP contribution < -0.4 is 9.47 Å². The molecule has 0 amide bonds. The van der Waals surface area contributed by atoms with Crippen LogP contribution >= 0.6 is 0 Å². The van der Waals surface area contributed by atoms with Crippen molar-refractivity contribution in [2.45, 2.75) is 64.7 Å². The van der Waals surface area contributed by atoms with E-state index in [0.717, 1.165) is 12.8 Å². The highest BCUT2D eigenvalue weighted by atomic mass is 16.6. The van der Waals surface area contributed by atoms with Crippen LogP contribution in [0.1, 0.15) is 75.1 Å². The van der Waals surface area contributed by atoms with Gasteiger partial charge in [0.25, 0.3) is 0 Å². The minimum absolute atomic E-state index is 0.147. The second-order valence-electron chi connectivity index (χ2n) is 8.46. The number of rotatable bonds is 10. The van der Waals surface area contributed by atoms with Crippen molar-refractivity contribution in [3.63, 3.8) is 0 Å². The standard InChI is InChI=1S/C27H44O7/c1-2-3-4-5-6-7-8-9-10-25(28)24-11-12-26-27(23-24)34-22-20-32-18-16-30-14-13-29-15-17-31-19-21-33-26/h11-12,23H,2-10,13-22H2,1H3. The minimum atomic E-state index is 0.147. The molecule has 1 aliphatic rings. The van der Waals surface area contributed by atoms with Crippen molar-refractivity contribution in [2.24, 2.45) is 0 Å². The first kappa shape index (κ1) is 28.6. The third-order valence-electron chi connectivity index (χ3n) is 5.61. The zero-order valence-electron chi connectivity index (χ0n) is 21.0. The van der Waals surface area contributed by atoms with Crippen molar-refractivity contribution in [2.75, 3.05) is 66.1 Å². The van der Waals surface area contributed by atoms with E-state index in [-0.39, 0.29) is 5.78 Å². The van der Waals surface area contributed by atoms with Crippen molar-refractivity contribution in [3.05, 3.63) is 23.8 Å². The zero-order chi connectivity index (χ0) is 24.1. The van der Waals surface area contributed by atoms with Crippen LogP contribution in [0.2, 0.25) is 0 Å². The van der Waals surface area contributed by atoms with Gasteiger partial charge in [-0.3, -0.25) is 4.79 Å². The number of fused-ring (bicyclic) bond motifs is 1. The lowest BCUT2D eigenvalue weighted by molar-refractivity contribution is -0.00842. The summed E-state index contributed by atoms with van der Waals surface area (Å²) < 4.78 is 33.8. The summed E-state index contributed by atoms with van der Waals surface area (Å²) in [6.45, 7) is 6.96. The van der Waals surface area contributed by atoms with Crippen LogP contribution in [0.5, 0.6) is 11.5 Å². The number of unbranched alkanes of at least 4 members (excludes halogenated alkanes) is 7. The van der Waals surface area contributed by atoms with Crippen LogP contribution in [0.25, 0.3) is 0 Å². The Labute approximate surface area is 205 Å². The van der Waals surface area contributed by atoms with Crippen LogP contribution in [-0.2, 0) is 18.9 Å². The molecule has 0 N–H and O–H groups in total. The molecular weight excluding hydrogens is 436 g/mol. The van der Waals surface area contributed by atoms with Crippen molar-refractivity contribution < 1.29 is 33.2 Å². The number of carbonyl (C=O) groups excluding carboxylic acids is 1. The summed E-state index contributed by atoms with van der Waals surface area (Å²) in [4.78, 5) is 12.7. The van der Waals surface area contributed by atoms with Gasteiger partial charge in [0.15, 0.2) is 17.3 Å². The molecule has 0 unspecified atom stereocenters. The zero-order valence-corrected chi connectivity index (χ0v) is 21.0. The fraction of sp³-hybridized carbons (Fsp3) is 0.741. The summed E-state index contributed by atoms with van der Waals surface area (Å²) in [5.74, 6) is 1.31. The molecule has 2 rings (SSSR count). The minimum Gasteiger partial charge on any atom is -0.487 e. The first-order valence-electron chi connectivity index (χ1n) is 13.0. The highest BCUT2D eigenvalue weighted by molar-refractivity contribution is 5.96. The Morgan fingerprint density at radius 3 is 1.65 bits per heavy atom.